The molecule has 0 aliphatic heterocycles. The number of rotatable bonds is 4. The number of aryl methyl sites for hydroxylation is 1. The molecule has 1 N–H and O–H groups in total. The van der Waals surface area contributed by atoms with Crippen LogP contribution in [0.5, 0.6) is 0 Å². The molecule has 118 valence electrons. The van der Waals surface area contributed by atoms with Crippen LogP contribution in [-0.2, 0) is 6.54 Å². The zero-order valence-corrected chi connectivity index (χ0v) is 13.0. The van der Waals surface area contributed by atoms with E-state index in [0.717, 1.165) is 23.8 Å². The van der Waals surface area contributed by atoms with Crippen LogP contribution in [0.4, 0.5) is 14.6 Å². The highest BCUT2D eigenvalue weighted by molar-refractivity contribution is 7.08. The molecule has 0 aliphatic carbocycles. The average molecular weight is 333 g/mol. The number of amides is 1. The fourth-order valence-corrected chi connectivity index (χ4v) is 2.80. The average Bonchev–Trinajstić information content (AvgIpc) is 3.16. The lowest BCUT2D eigenvalue weighted by atomic mass is 10.2. The van der Waals surface area contributed by atoms with Gasteiger partial charge in [-0.15, -0.1) is 0 Å². The number of aromatic nitrogens is 2. The second kappa shape index (κ2) is 6.29. The van der Waals surface area contributed by atoms with E-state index in [0.29, 0.717) is 11.4 Å². The van der Waals surface area contributed by atoms with E-state index in [9.17, 15) is 13.6 Å². The van der Waals surface area contributed by atoms with E-state index in [1.54, 1.807) is 29.9 Å². The van der Waals surface area contributed by atoms with E-state index in [4.69, 9.17) is 0 Å². The molecule has 23 heavy (non-hydrogen) atoms. The summed E-state index contributed by atoms with van der Waals surface area (Å²) in [6.45, 7) is 1.81. The summed E-state index contributed by atoms with van der Waals surface area (Å²) in [5.74, 6) is -0.843. The molecule has 3 rings (SSSR count). The smallest absolute Gasteiger partial charge is 0.257 e. The molecule has 0 aliphatic rings. The second-order valence-corrected chi connectivity index (χ2v) is 5.82. The molecule has 0 saturated carbocycles. The molecule has 7 heteroatoms. The molecule has 0 atom stereocenters. The van der Waals surface area contributed by atoms with Crippen molar-refractivity contribution in [3.63, 3.8) is 0 Å². The summed E-state index contributed by atoms with van der Waals surface area (Å²) in [6.07, 6.45) is 1.57. The third-order valence-electron chi connectivity index (χ3n) is 3.37. The van der Waals surface area contributed by atoms with Crippen molar-refractivity contribution in [1.82, 2.24) is 9.78 Å². The molecule has 2 aromatic heterocycles. The summed E-state index contributed by atoms with van der Waals surface area (Å²) in [4.78, 5) is 12.2. The van der Waals surface area contributed by atoms with Crippen molar-refractivity contribution in [2.75, 3.05) is 5.32 Å². The minimum absolute atomic E-state index is 0.0245. The lowest BCUT2D eigenvalue weighted by Crippen LogP contribution is -2.16. The number of benzene rings is 1. The van der Waals surface area contributed by atoms with Crippen molar-refractivity contribution in [1.29, 1.82) is 0 Å². The molecule has 0 fully saturated rings. The lowest BCUT2D eigenvalue weighted by Gasteiger charge is -2.10. The van der Waals surface area contributed by atoms with Gasteiger partial charge in [0.25, 0.3) is 5.91 Å². The van der Waals surface area contributed by atoms with Gasteiger partial charge in [0.15, 0.2) is 0 Å². The fourth-order valence-electron chi connectivity index (χ4n) is 2.16. The van der Waals surface area contributed by atoms with Crippen LogP contribution in [-0.4, -0.2) is 15.7 Å². The van der Waals surface area contributed by atoms with Gasteiger partial charge in [0.2, 0.25) is 0 Å². The first-order chi connectivity index (χ1) is 11.0. The first-order valence-electron chi connectivity index (χ1n) is 6.84. The van der Waals surface area contributed by atoms with Crippen LogP contribution in [0.3, 0.4) is 0 Å². The summed E-state index contributed by atoms with van der Waals surface area (Å²) in [6, 6.07) is 4.97. The zero-order valence-electron chi connectivity index (χ0n) is 12.2. The molecule has 0 unspecified atom stereocenters. The van der Waals surface area contributed by atoms with Crippen LogP contribution in [0.1, 0.15) is 21.5 Å². The number of carbonyl (C=O) groups excluding carboxylic acids is 1. The third kappa shape index (κ3) is 3.29. The minimum Gasteiger partial charge on any atom is -0.307 e. The summed E-state index contributed by atoms with van der Waals surface area (Å²) < 4.78 is 28.5. The number of anilines is 1. The van der Waals surface area contributed by atoms with Gasteiger partial charge in [-0.05, 0) is 36.6 Å². The van der Waals surface area contributed by atoms with Gasteiger partial charge in [0, 0.05) is 16.5 Å². The van der Waals surface area contributed by atoms with Gasteiger partial charge in [-0.1, -0.05) is 0 Å². The predicted molar refractivity (Wildman–Crippen MR) is 84.7 cm³/mol. The predicted octanol–water partition coefficient (Wildman–Crippen LogP) is 3.83. The fraction of sp³-hybridized carbons (Fsp3) is 0.125. The van der Waals surface area contributed by atoms with Crippen molar-refractivity contribution in [3.05, 3.63) is 69.5 Å². The van der Waals surface area contributed by atoms with Crippen LogP contribution < -0.4 is 5.32 Å². The number of hydrogen-bond donors (Lipinski definition) is 1. The highest BCUT2D eigenvalue weighted by Crippen LogP contribution is 2.19. The van der Waals surface area contributed by atoms with Crippen molar-refractivity contribution < 1.29 is 13.6 Å². The van der Waals surface area contributed by atoms with E-state index < -0.39 is 11.6 Å². The summed E-state index contributed by atoms with van der Waals surface area (Å²) in [5.41, 5.74) is 1.45. The Balaban J connectivity index is 1.87. The molecule has 1 amide bonds. The van der Waals surface area contributed by atoms with Crippen LogP contribution in [0.25, 0.3) is 0 Å². The number of carbonyl (C=O) groups is 1. The van der Waals surface area contributed by atoms with E-state index in [-0.39, 0.29) is 18.0 Å². The molecule has 4 nitrogen and oxygen atoms in total. The maximum atomic E-state index is 13.8. The Kier molecular flexibility index (Phi) is 4.20. The minimum atomic E-state index is -0.519. The molecular formula is C16H13F2N3OS. The maximum absolute atomic E-state index is 13.8. The van der Waals surface area contributed by atoms with E-state index in [1.165, 1.54) is 16.0 Å². The van der Waals surface area contributed by atoms with Crippen molar-refractivity contribution in [2.45, 2.75) is 13.5 Å². The first kappa shape index (κ1) is 15.4. The quantitative estimate of drug-likeness (QED) is 0.789. The SMILES string of the molecule is Cc1cnn(Cc2cc(F)ccc2F)c1NC(=O)c1ccsc1. The van der Waals surface area contributed by atoms with E-state index in [2.05, 4.69) is 10.4 Å². The van der Waals surface area contributed by atoms with E-state index >= 15 is 0 Å². The van der Waals surface area contributed by atoms with Crippen LogP contribution in [0.15, 0.2) is 41.2 Å². The first-order valence-corrected chi connectivity index (χ1v) is 7.79. The van der Waals surface area contributed by atoms with Gasteiger partial charge < -0.3 is 5.32 Å². The summed E-state index contributed by atoms with van der Waals surface area (Å²) in [7, 11) is 0. The number of hydrogen-bond acceptors (Lipinski definition) is 3. The summed E-state index contributed by atoms with van der Waals surface area (Å²) >= 11 is 1.42. The second-order valence-electron chi connectivity index (χ2n) is 5.04. The Morgan fingerprint density at radius 3 is 2.91 bits per heavy atom. The molecule has 0 saturated heterocycles. The normalized spacial score (nSPS) is 10.7. The Hall–Kier alpha value is -2.54. The largest absolute Gasteiger partial charge is 0.307 e. The number of thiophene rings is 1. The lowest BCUT2D eigenvalue weighted by molar-refractivity contribution is 0.102. The van der Waals surface area contributed by atoms with Gasteiger partial charge in [-0.3, -0.25) is 4.79 Å². The van der Waals surface area contributed by atoms with Gasteiger partial charge in [-0.25, -0.2) is 13.5 Å². The van der Waals surface area contributed by atoms with Gasteiger partial charge in [0.05, 0.1) is 18.3 Å². The van der Waals surface area contributed by atoms with Gasteiger partial charge >= 0.3 is 0 Å². The Labute approximate surface area is 135 Å². The molecule has 0 spiro atoms. The molecule has 1 aromatic carbocycles. The van der Waals surface area contributed by atoms with Gasteiger partial charge in [0.1, 0.15) is 17.5 Å². The highest BCUT2D eigenvalue weighted by Gasteiger charge is 2.14. The Morgan fingerprint density at radius 1 is 1.35 bits per heavy atom. The number of nitrogens with one attached hydrogen (secondary N) is 1. The Bertz CT molecular complexity index is 843. The molecule has 2 heterocycles. The standard InChI is InChI=1S/C16H13F2N3OS/c1-10-7-19-21(8-12-6-13(17)2-3-14(12)18)15(10)20-16(22)11-4-5-23-9-11/h2-7,9H,8H2,1H3,(H,20,22). The number of halogens is 2. The number of nitrogens with zero attached hydrogens (tertiary/aromatic N) is 2. The van der Waals surface area contributed by atoms with Crippen LogP contribution in [0, 0.1) is 18.6 Å². The van der Waals surface area contributed by atoms with Crippen molar-refractivity contribution >= 4 is 23.1 Å². The monoisotopic (exact) mass is 333 g/mol. The van der Waals surface area contributed by atoms with Crippen LogP contribution in [0.2, 0.25) is 0 Å². The Morgan fingerprint density at radius 2 is 2.17 bits per heavy atom. The third-order valence-corrected chi connectivity index (χ3v) is 4.05. The zero-order chi connectivity index (χ0) is 16.4. The molecule has 3 aromatic rings. The molecule has 0 bridgehead atoms. The van der Waals surface area contributed by atoms with Crippen molar-refractivity contribution in [3.8, 4) is 0 Å². The molecule has 0 radical (unpaired) electrons. The molecular weight excluding hydrogens is 320 g/mol. The van der Waals surface area contributed by atoms with Crippen molar-refractivity contribution in [2.24, 2.45) is 0 Å². The van der Waals surface area contributed by atoms with E-state index in [1.807, 2.05) is 0 Å². The van der Waals surface area contributed by atoms with Gasteiger partial charge in [-0.2, -0.15) is 16.4 Å². The topological polar surface area (TPSA) is 46.9 Å². The summed E-state index contributed by atoms with van der Waals surface area (Å²) in [5, 5.41) is 10.4. The van der Waals surface area contributed by atoms with Crippen LogP contribution >= 0.6 is 11.3 Å². The highest BCUT2D eigenvalue weighted by atomic mass is 32.1. The maximum Gasteiger partial charge on any atom is 0.257 e.